The summed E-state index contributed by atoms with van der Waals surface area (Å²) >= 11 is 0. The van der Waals surface area contributed by atoms with E-state index in [4.69, 9.17) is 4.74 Å². The van der Waals surface area contributed by atoms with Crippen molar-refractivity contribution in [3.8, 4) is 0 Å². The first-order chi connectivity index (χ1) is 13.3. The van der Waals surface area contributed by atoms with Crippen molar-refractivity contribution in [1.82, 2.24) is 9.21 Å². The molecular formula is C20H28N2O5S. The van der Waals surface area contributed by atoms with Gasteiger partial charge in [-0.15, -0.1) is 0 Å². The molecule has 2 fully saturated rings. The molecule has 0 bridgehead atoms. The summed E-state index contributed by atoms with van der Waals surface area (Å²) in [6.45, 7) is 5.31. The van der Waals surface area contributed by atoms with E-state index < -0.39 is 22.1 Å². The maximum Gasteiger partial charge on any atom is 0.338 e. The smallest absolute Gasteiger partial charge is 0.338 e. The van der Waals surface area contributed by atoms with Crippen LogP contribution in [0.4, 0.5) is 0 Å². The second-order valence-corrected chi connectivity index (χ2v) is 9.46. The number of amides is 1. The number of likely N-dealkylation sites (tertiary alicyclic amines) is 1. The molecule has 0 aliphatic carbocycles. The summed E-state index contributed by atoms with van der Waals surface area (Å²) in [4.78, 5) is 26.6. The van der Waals surface area contributed by atoms with Crippen molar-refractivity contribution >= 4 is 21.9 Å². The molecule has 2 saturated heterocycles. The highest BCUT2D eigenvalue weighted by Crippen LogP contribution is 2.25. The van der Waals surface area contributed by atoms with Crippen LogP contribution in [0.3, 0.4) is 0 Å². The molecule has 8 heteroatoms. The van der Waals surface area contributed by atoms with Crippen LogP contribution in [0.2, 0.25) is 0 Å². The molecule has 0 radical (unpaired) electrons. The minimum absolute atomic E-state index is 0.0625. The van der Waals surface area contributed by atoms with Gasteiger partial charge in [0.15, 0.2) is 6.10 Å². The Labute approximate surface area is 166 Å². The number of benzene rings is 1. The van der Waals surface area contributed by atoms with Gasteiger partial charge in [0.1, 0.15) is 0 Å². The average molecular weight is 409 g/mol. The summed E-state index contributed by atoms with van der Waals surface area (Å²) in [5, 5.41) is 0. The van der Waals surface area contributed by atoms with Crippen molar-refractivity contribution in [3.05, 3.63) is 29.8 Å². The predicted octanol–water partition coefficient (Wildman–Crippen LogP) is 2.42. The highest BCUT2D eigenvalue weighted by Gasteiger charge is 2.32. The average Bonchev–Trinajstić information content (AvgIpc) is 3.22. The van der Waals surface area contributed by atoms with Gasteiger partial charge in [-0.2, -0.15) is 4.31 Å². The standard InChI is InChI=1S/C20H28N2O5S/c1-15-8-3-4-13-22(15)28(25,26)18-10-7-9-17(14-18)20(24)27-16(2)19(23)21-11-5-6-12-21/h7,9-10,14-16H,3-6,8,11-13H2,1-2H3/t15-,16-/m0/s1. The molecule has 1 aromatic rings. The van der Waals surface area contributed by atoms with Gasteiger partial charge in [-0.1, -0.05) is 12.5 Å². The van der Waals surface area contributed by atoms with Crippen LogP contribution in [0.25, 0.3) is 0 Å². The summed E-state index contributed by atoms with van der Waals surface area (Å²) in [6, 6.07) is 5.81. The van der Waals surface area contributed by atoms with E-state index in [0.717, 1.165) is 32.1 Å². The monoisotopic (exact) mass is 408 g/mol. The summed E-state index contributed by atoms with van der Waals surface area (Å²) in [5.41, 5.74) is 0.131. The van der Waals surface area contributed by atoms with Crippen LogP contribution in [0.1, 0.15) is 56.3 Å². The third-order valence-electron chi connectivity index (χ3n) is 5.47. The molecule has 7 nitrogen and oxygen atoms in total. The maximum atomic E-state index is 13.0. The van der Waals surface area contributed by atoms with E-state index in [0.29, 0.717) is 19.6 Å². The lowest BCUT2D eigenvalue weighted by Gasteiger charge is -2.32. The van der Waals surface area contributed by atoms with Gasteiger partial charge in [-0.3, -0.25) is 4.79 Å². The number of hydrogen-bond acceptors (Lipinski definition) is 5. The van der Waals surface area contributed by atoms with E-state index in [9.17, 15) is 18.0 Å². The zero-order valence-corrected chi connectivity index (χ0v) is 17.3. The number of esters is 1. The van der Waals surface area contributed by atoms with Crippen LogP contribution < -0.4 is 0 Å². The van der Waals surface area contributed by atoms with Crippen molar-refractivity contribution < 1.29 is 22.7 Å². The van der Waals surface area contributed by atoms with E-state index >= 15 is 0 Å². The Hall–Kier alpha value is -1.93. The summed E-state index contributed by atoms with van der Waals surface area (Å²) < 4.78 is 32.8. The van der Waals surface area contributed by atoms with Crippen LogP contribution in [0, 0.1) is 0 Å². The van der Waals surface area contributed by atoms with E-state index in [1.807, 2.05) is 6.92 Å². The molecule has 0 aromatic heterocycles. The van der Waals surface area contributed by atoms with Gasteiger partial charge in [0.05, 0.1) is 10.5 Å². The molecular weight excluding hydrogens is 380 g/mol. The minimum Gasteiger partial charge on any atom is -0.449 e. The first-order valence-corrected chi connectivity index (χ1v) is 11.4. The van der Waals surface area contributed by atoms with Crippen LogP contribution in [-0.4, -0.2) is 61.3 Å². The molecule has 1 amide bonds. The van der Waals surface area contributed by atoms with Gasteiger partial charge in [0.25, 0.3) is 5.91 Å². The van der Waals surface area contributed by atoms with Crippen molar-refractivity contribution in [3.63, 3.8) is 0 Å². The Morgan fingerprint density at radius 3 is 2.46 bits per heavy atom. The molecule has 2 aliphatic heterocycles. The molecule has 1 aromatic carbocycles. The first kappa shape index (κ1) is 20.8. The number of carbonyl (C=O) groups is 2. The summed E-state index contributed by atoms with van der Waals surface area (Å²) in [7, 11) is -3.67. The zero-order chi connectivity index (χ0) is 20.3. The predicted molar refractivity (Wildman–Crippen MR) is 104 cm³/mol. The molecule has 154 valence electrons. The van der Waals surface area contributed by atoms with Crippen molar-refractivity contribution in [2.24, 2.45) is 0 Å². The van der Waals surface area contributed by atoms with Crippen molar-refractivity contribution in [2.45, 2.75) is 63.0 Å². The topological polar surface area (TPSA) is 84.0 Å². The molecule has 0 N–H and O–H groups in total. The molecule has 2 atom stereocenters. The Morgan fingerprint density at radius 2 is 1.79 bits per heavy atom. The van der Waals surface area contributed by atoms with Gasteiger partial charge in [-0.05, 0) is 57.7 Å². The number of carbonyl (C=O) groups excluding carboxylic acids is 2. The minimum atomic E-state index is -3.67. The molecule has 2 heterocycles. The lowest BCUT2D eigenvalue weighted by atomic mass is 10.1. The third-order valence-corrected chi connectivity index (χ3v) is 7.48. The van der Waals surface area contributed by atoms with Crippen molar-refractivity contribution in [2.75, 3.05) is 19.6 Å². The normalized spacial score (nSPS) is 22.1. The number of sulfonamides is 1. The Balaban J connectivity index is 1.73. The lowest BCUT2D eigenvalue weighted by molar-refractivity contribution is -0.138. The molecule has 28 heavy (non-hydrogen) atoms. The quantitative estimate of drug-likeness (QED) is 0.699. The highest BCUT2D eigenvalue weighted by atomic mass is 32.2. The zero-order valence-electron chi connectivity index (χ0n) is 16.5. The Morgan fingerprint density at radius 1 is 1.11 bits per heavy atom. The second-order valence-electron chi connectivity index (χ2n) is 7.57. The van der Waals surface area contributed by atoms with Gasteiger partial charge in [0.2, 0.25) is 10.0 Å². The number of ether oxygens (including phenoxy) is 1. The van der Waals surface area contributed by atoms with E-state index in [-0.39, 0.29) is 22.4 Å². The number of hydrogen-bond donors (Lipinski definition) is 0. The first-order valence-electron chi connectivity index (χ1n) is 9.92. The molecule has 2 aliphatic rings. The molecule has 0 unspecified atom stereocenters. The van der Waals surface area contributed by atoms with Crippen LogP contribution in [0.5, 0.6) is 0 Å². The fraction of sp³-hybridized carbons (Fsp3) is 0.600. The SMILES string of the molecule is C[C@H](OC(=O)c1cccc(S(=O)(=O)N2CCCC[C@@H]2C)c1)C(=O)N1CCCC1. The molecule has 0 spiro atoms. The Kier molecular flexibility index (Phi) is 6.40. The summed E-state index contributed by atoms with van der Waals surface area (Å²) in [5.74, 6) is -0.902. The van der Waals surface area contributed by atoms with Gasteiger partial charge >= 0.3 is 5.97 Å². The van der Waals surface area contributed by atoms with Crippen LogP contribution in [0.15, 0.2) is 29.2 Å². The van der Waals surface area contributed by atoms with Gasteiger partial charge < -0.3 is 9.64 Å². The van der Waals surface area contributed by atoms with E-state index in [2.05, 4.69) is 0 Å². The number of rotatable bonds is 5. The highest BCUT2D eigenvalue weighted by molar-refractivity contribution is 7.89. The number of piperidine rings is 1. The molecule has 3 rings (SSSR count). The van der Waals surface area contributed by atoms with Crippen LogP contribution >= 0.6 is 0 Å². The maximum absolute atomic E-state index is 13.0. The second kappa shape index (κ2) is 8.61. The van der Waals surface area contributed by atoms with E-state index in [1.165, 1.54) is 28.6 Å². The summed E-state index contributed by atoms with van der Waals surface area (Å²) in [6.07, 6.45) is 3.71. The van der Waals surface area contributed by atoms with E-state index in [1.54, 1.807) is 11.8 Å². The Bertz CT molecular complexity index is 833. The van der Waals surface area contributed by atoms with Crippen LogP contribution in [-0.2, 0) is 19.6 Å². The van der Waals surface area contributed by atoms with Gasteiger partial charge in [-0.25, -0.2) is 13.2 Å². The fourth-order valence-electron chi connectivity index (χ4n) is 3.82. The fourth-order valence-corrected chi connectivity index (χ4v) is 5.57. The van der Waals surface area contributed by atoms with Gasteiger partial charge in [0, 0.05) is 25.7 Å². The van der Waals surface area contributed by atoms with Crippen molar-refractivity contribution in [1.29, 1.82) is 0 Å². The number of nitrogens with zero attached hydrogens (tertiary/aromatic N) is 2. The largest absolute Gasteiger partial charge is 0.449 e. The third kappa shape index (κ3) is 4.38. The lowest BCUT2D eigenvalue weighted by Crippen LogP contribution is -2.42. The molecule has 0 saturated carbocycles.